The van der Waals surface area contributed by atoms with Crippen molar-refractivity contribution in [3.8, 4) is 0 Å². The molecule has 0 saturated carbocycles. The number of hydrogen-bond acceptors (Lipinski definition) is 9. The molecule has 0 bridgehead atoms. The van der Waals surface area contributed by atoms with Gasteiger partial charge in [0.05, 0.1) is 38.3 Å². The van der Waals surface area contributed by atoms with Crippen molar-refractivity contribution in [3.05, 3.63) is 12.2 Å². The van der Waals surface area contributed by atoms with Crippen LogP contribution in [0.2, 0.25) is 0 Å². The zero-order valence-corrected chi connectivity index (χ0v) is 15.1. The standard InChI is InChI=1S/C9H16O5.C8H12N2O2/c1-7(2)8(13)14-6-9(3-10,4-11)5-12;11-7-9-5-3-1-2-4-6-10-8-12/h10-12H,1,3-6H2,2H3;1-6H2. The molecule has 26 heavy (non-hydrogen) atoms. The van der Waals surface area contributed by atoms with Crippen molar-refractivity contribution >= 4 is 18.1 Å². The van der Waals surface area contributed by atoms with Gasteiger partial charge in [-0.15, -0.1) is 0 Å². The Morgan fingerprint density at radius 3 is 1.69 bits per heavy atom. The van der Waals surface area contributed by atoms with Crippen LogP contribution >= 0.6 is 0 Å². The average molecular weight is 372 g/mol. The molecule has 0 fully saturated rings. The molecule has 0 aliphatic carbocycles. The number of rotatable bonds is 13. The third kappa shape index (κ3) is 14.2. The summed E-state index contributed by atoms with van der Waals surface area (Å²) in [5.41, 5.74) is -0.946. The van der Waals surface area contributed by atoms with E-state index in [1.54, 1.807) is 0 Å². The highest BCUT2D eigenvalue weighted by molar-refractivity contribution is 5.86. The topological polar surface area (TPSA) is 146 Å². The first-order valence-electron chi connectivity index (χ1n) is 8.15. The highest BCUT2D eigenvalue weighted by Crippen LogP contribution is 2.15. The number of isocyanates is 2. The van der Waals surface area contributed by atoms with E-state index in [9.17, 15) is 14.4 Å². The summed E-state index contributed by atoms with van der Waals surface area (Å²) in [6.45, 7) is 4.37. The Labute approximate surface area is 153 Å². The van der Waals surface area contributed by atoms with Crippen molar-refractivity contribution in [1.82, 2.24) is 0 Å². The maximum atomic E-state index is 11.0. The van der Waals surface area contributed by atoms with Crippen molar-refractivity contribution in [1.29, 1.82) is 0 Å². The van der Waals surface area contributed by atoms with Crippen LogP contribution in [-0.2, 0) is 19.1 Å². The summed E-state index contributed by atoms with van der Waals surface area (Å²) in [5.74, 6) is -0.607. The van der Waals surface area contributed by atoms with Crippen LogP contribution in [0.25, 0.3) is 0 Å². The van der Waals surface area contributed by atoms with Crippen molar-refractivity contribution < 1.29 is 34.4 Å². The molecule has 0 aromatic heterocycles. The Kier molecular flexibility index (Phi) is 17.7. The second kappa shape index (κ2) is 17.7. The number of carbonyl (C=O) groups is 1. The molecule has 0 radical (unpaired) electrons. The summed E-state index contributed by atoms with van der Waals surface area (Å²) < 4.78 is 4.72. The quantitative estimate of drug-likeness (QED) is 0.138. The smallest absolute Gasteiger partial charge is 0.333 e. The zero-order chi connectivity index (χ0) is 20.3. The Bertz CT molecular complexity index is 461. The van der Waals surface area contributed by atoms with E-state index in [0.717, 1.165) is 25.7 Å². The van der Waals surface area contributed by atoms with Crippen LogP contribution in [0.15, 0.2) is 22.1 Å². The van der Waals surface area contributed by atoms with Gasteiger partial charge in [-0.2, -0.15) is 0 Å². The monoisotopic (exact) mass is 372 g/mol. The minimum atomic E-state index is -1.18. The van der Waals surface area contributed by atoms with E-state index in [2.05, 4.69) is 16.6 Å². The molecule has 3 N–H and O–H groups in total. The van der Waals surface area contributed by atoms with E-state index in [0.29, 0.717) is 13.1 Å². The SMILES string of the molecule is C=C(C)C(=O)OCC(CO)(CO)CO.O=C=NCCCCCCN=C=O. The van der Waals surface area contributed by atoms with Gasteiger partial charge in [0.25, 0.3) is 0 Å². The van der Waals surface area contributed by atoms with Crippen molar-refractivity contribution in [2.45, 2.75) is 32.6 Å². The minimum absolute atomic E-state index is 0.229. The molecule has 0 heterocycles. The van der Waals surface area contributed by atoms with E-state index in [-0.39, 0.29) is 12.2 Å². The van der Waals surface area contributed by atoms with Crippen molar-refractivity contribution in [2.24, 2.45) is 15.4 Å². The lowest BCUT2D eigenvalue weighted by Crippen LogP contribution is -2.39. The number of aliphatic hydroxyl groups excluding tert-OH is 3. The predicted octanol–water partition coefficient (Wildman–Crippen LogP) is 0.287. The third-order valence-electron chi connectivity index (χ3n) is 3.28. The fourth-order valence-electron chi connectivity index (χ4n) is 1.46. The molecule has 9 heteroatoms. The molecule has 0 atom stereocenters. The Balaban J connectivity index is 0. The van der Waals surface area contributed by atoms with Gasteiger partial charge in [0.2, 0.25) is 12.2 Å². The first-order chi connectivity index (χ1) is 12.4. The minimum Gasteiger partial charge on any atom is -0.461 e. The fraction of sp³-hybridized carbons (Fsp3) is 0.706. The zero-order valence-electron chi connectivity index (χ0n) is 15.1. The molecule has 9 nitrogen and oxygen atoms in total. The van der Waals surface area contributed by atoms with E-state index < -0.39 is 31.2 Å². The Morgan fingerprint density at radius 1 is 0.962 bits per heavy atom. The lowest BCUT2D eigenvalue weighted by Gasteiger charge is -2.26. The highest BCUT2D eigenvalue weighted by atomic mass is 16.5. The maximum Gasteiger partial charge on any atom is 0.333 e. The number of aliphatic hydroxyl groups is 3. The molecule has 0 aromatic rings. The average Bonchev–Trinajstić information content (AvgIpc) is 2.65. The van der Waals surface area contributed by atoms with Gasteiger partial charge in [0, 0.05) is 5.57 Å². The van der Waals surface area contributed by atoms with Gasteiger partial charge in [-0.1, -0.05) is 19.4 Å². The van der Waals surface area contributed by atoms with E-state index >= 15 is 0 Å². The summed E-state index contributed by atoms with van der Waals surface area (Å²) in [6, 6.07) is 0. The van der Waals surface area contributed by atoms with Crippen LogP contribution in [0.1, 0.15) is 32.6 Å². The molecule has 0 unspecified atom stereocenters. The van der Waals surface area contributed by atoms with Crippen molar-refractivity contribution in [3.63, 3.8) is 0 Å². The fourth-order valence-corrected chi connectivity index (χ4v) is 1.46. The molecule has 148 valence electrons. The molecular formula is C17H28N2O7. The van der Waals surface area contributed by atoms with Crippen LogP contribution < -0.4 is 0 Å². The first-order valence-corrected chi connectivity index (χ1v) is 8.15. The number of ether oxygens (including phenoxy) is 1. The number of unbranched alkanes of at least 4 members (excludes halogenated alkanes) is 3. The number of nitrogens with zero attached hydrogens (tertiary/aromatic N) is 2. The summed E-state index contributed by atoms with van der Waals surface area (Å²) in [6.07, 6.45) is 6.80. The number of esters is 1. The summed E-state index contributed by atoms with van der Waals surface area (Å²) in [4.78, 5) is 37.1. The van der Waals surface area contributed by atoms with Gasteiger partial charge in [-0.25, -0.2) is 24.4 Å². The van der Waals surface area contributed by atoms with Gasteiger partial charge in [0.15, 0.2) is 0 Å². The van der Waals surface area contributed by atoms with Gasteiger partial charge in [-0.05, 0) is 19.8 Å². The van der Waals surface area contributed by atoms with Crippen molar-refractivity contribution in [2.75, 3.05) is 39.5 Å². The molecule has 0 aliphatic rings. The van der Waals surface area contributed by atoms with Crippen LogP contribution in [-0.4, -0.2) is 73.0 Å². The van der Waals surface area contributed by atoms with E-state index in [4.69, 9.17) is 20.1 Å². The molecule has 0 spiro atoms. The third-order valence-corrected chi connectivity index (χ3v) is 3.28. The predicted molar refractivity (Wildman–Crippen MR) is 93.9 cm³/mol. The lowest BCUT2D eigenvalue weighted by molar-refractivity contribution is -0.146. The lowest BCUT2D eigenvalue weighted by atomic mass is 9.93. The second-order valence-corrected chi connectivity index (χ2v) is 5.69. The normalized spacial score (nSPS) is 9.85. The van der Waals surface area contributed by atoms with E-state index in [1.165, 1.54) is 19.1 Å². The largest absolute Gasteiger partial charge is 0.461 e. The van der Waals surface area contributed by atoms with Crippen LogP contribution in [0, 0.1) is 5.41 Å². The van der Waals surface area contributed by atoms with E-state index in [1.807, 2.05) is 0 Å². The highest BCUT2D eigenvalue weighted by Gasteiger charge is 2.30. The molecule has 0 rings (SSSR count). The number of aliphatic imine (C=N–C) groups is 2. The molecule has 0 aliphatic heterocycles. The molecule has 0 amide bonds. The Hall–Kier alpha value is -2.15. The van der Waals surface area contributed by atoms with Crippen LogP contribution in [0.4, 0.5) is 0 Å². The molecular weight excluding hydrogens is 344 g/mol. The van der Waals surface area contributed by atoms with Gasteiger partial charge < -0.3 is 20.1 Å². The summed E-state index contributed by atoms with van der Waals surface area (Å²) in [7, 11) is 0. The Morgan fingerprint density at radius 2 is 1.38 bits per heavy atom. The molecule has 0 aromatic carbocycles. The van der Waals surface area contributed by atoms with Gasteiger partial charge >= 0.3 is 5.97 Å². The van der Waals surface area contributed by atoms with Crippen LogP contribution in [0.5, 0.6) is 0 Å². The second-order valence-electron chi connectivity index (χ2n) is 5.69. The first kappa shape index (κ1) is 26.1. The summed E-state index contributed by atoms with van der Waals surface area (Å²) >= 11 is 0. The van der Waals surface area contributed by atoms with Gasteiger partial charge in [0.1, 0.15) is 6.61 Å². The maximum absolute atomic E-state index is 11.0. The van der Waals surface area contributed by atoms with Gasteiger partial charge in [-0.3, -0.25) is 0 Å². The molecule has 0 saturated heterocycles. The summed E-state index contributed by atoms with van der Waals surface area (Å²) in [5, 5.41) is 26.7. The number of hydrogen-bond donors (Lipinski definition) is 3. The van der Waals surface area contributed by atoms with Crippen LogP contribution in [0.3, 0.4) is 0 Å². The number of carbonyl (C=O) groups excluding carboxylic acids is 3.